The summed E-state index contributed by atoms with van der Waals surface area (Å²) in [6.45, 7) is 3.37. The van der Waals surface area contributed by atoms with Gasteiger partial charge in [0.05, 0.1) is 0 Å². The average Bonchev–Trinajstić information content (AvgIpc) is 2.22. The molecule has 0 bridgehead atoms. The SMILES string of the molecule is CNCCCCC(CC(C)NC)NC. The first-order chi connectivity index (χ1) is 6.74. The van der Waals surface area contributed by atoms with Crippen molar-refractivity contribution in [2.45, 2.75) is 44.7 Å². The molecule has 0 aliphatic heterocycles. The van der Waals surface area contributed by atoms with Crippen molar-refractivity contribution in [3.8, 4) is 0 Å². The van der Waals surface area contributed by atoms with Crippen molar-refractivity contribution >= 4 is 0 Å². The minimum absolute atomic E-state index is 0.608. The number of nitrogens with one attached hydrogen (secondary N) is 3. The van der Waals surface area contributed by atoms with Crippen LogP contribution in [0.5, 0.6) is 0 Å². The molecular formula is C11H27N3. The van der Waals surface area contributed by atoms with Crippen LogP contribution in [0.4, 0.5) is 0 Å². The summed E-state index contributed by atoms with van der Waals surface area (Å²) in [5.41, 5.74) is 0. The summed E-state index contributed by atoms with van der Waals surface area (Å²) in [7, 11) is 6.10. The Labute approximate surface area is 89.0 Å². The monoisotopic (exact) mass is 201 g/mol. The van der Waals surface area contributed by atoms with Crippen molar-refractivity contribution in [2.75, 3.05) is 27.7 Å². The molecule has 0 fully saturated rings. The molecule has 3 nitrogen and oxygen atoms in total. The molecular weight excluding hydrogens is 174 g/mol. The van der Waals surface area contributed by atoms with Crippen LogP contribution >= 0.6 is 0 Å². The molecule has 0 spiro atoms. The Bertz CT molecular complexity index is 117. The van der Waals surface area contributed by atoms with Crippen molar-refractivity contribution < 1.29 is 0 Å². The molecule has 14 heavy (non-hydrogen) atoms. The molecule has 3 N–H and O–H groups in total. The second kappa shape index (κ2) is 9.44. The van der Waals surface area contributed by atoms with E-state index in [1.54, 1.807) is 0 Å². The highest BCUT2D eigenvalue weighted by molar-refractivity contribution is 4.71. The van der Waals surface area contributed by atoms with Gasteiger partial charge in [-0.25, -0.2) is 0 Å². The van der Waals surface area contributed by atoms with E-state index < -0.39 is 0 Å². The summed E-state index contributed by atoms with van der Waals surface area (Å²) in [6.07, 6.45) is 5.09. The first-order valence-electron chi connectivity index (χ1n) is 5.73. The van der Waals surface area contributed by atoms with Crippen molar-refractivity contribution in [1.29, 1.82) is 0 Å². The van der Waals surface area contributed by atoms with E-state index in [-0.39, 0.29) is 0 Å². The largest absolute Gasteiger partial charge is 0.320 e. The van der Waals surface area contributed by atoms with Crippen LogP contribution in [-0.4, -0.2) is 39.8 Å². The molecule has 2 unspecified atom stereocenters. The molecule has 0 radical (unpaired) electrons. The van der Waals surface area contributed by atoms with Crippen LogP contribution in [0.2, 0.25) is 0 Å². The second-order valence-corrected chi connectivity index (χ2v) is 4.01. The molecule has 0 amide bonds. The number of hydrogen-bond donors (Lipinski definition) is 3. The molecule has 86 valence electrons. The average molecular weight is 201 g/mol. The van der Waals surface area contributed by atoms with Gasteiger partial charge in [0.1, 0.15) is 0 Å². The molecule has 0 saturated carbocycles. The molecule has 0 aromatic rings. The van der Waals surface area contributed by atoms with Crippen molar-refractivity contribution in [3.05, 3.63) is 0 Å². The molecule has 0 aliphatic rings. The highest BCUT2D eigenvalue weighted by Gasteiger charge is 2.09. The second-order valence-electron chi connectivity index (χ2n) is 4.01. The molecule has 0 rings (SSSR count). The third-order valence-electron chi connectivity index (χ3n) is 2.77. The van der Waals surface area contributed by atoms with E-state index in [2.05, 4.69) is 29.9 Å². The van der Waals surface area contributed by atoms with E-state index in [1.165, 1.54) is 25.7 Å². The molecule has 3 heteroatoms. The smallest absolute Gasteiger partial charge is 0.00787 e. The molecule has 0 aromatic heterocycles. The summed E-state index contributed by atoms with van der Waals surface area (Å²) in [5.74, 6) is 0. The highest BCUT2D eigenvalue weighted by atomic mass is 14.9. The van der Waals surface area contributed by atoms with E-state index in [0.29, 0.717) is 12.1 Å². The lowest BCUT2D eigenvalue weighted by molar-refractivity contribution is 0.412. The standard InChI is InChI=1S/C11H27N3/c1-10(13-3)9-11(14-4)7-5-6-8-12-2/h10-14H,5-9H2,1-4H3. The molecule has 0 saturated heterocycles. The fraction of sp³-hybridized carbons (Fsp3) is 1.00. The van der Waals surface area contributed by atoms with Gasteiger partial charge in [-0.1, -0.05) is 6.42 Å². The first-order valence-corrected chi connectivity index (χ1v) is 5.73. The zero-order chi connectivity index (χ0) is 10.8. The van der Waals surface area contributed by atoms with E-state index in [1.807, 2.05) is 14.1 Å². The van der Waals surface area contributed by atoms with Crippen LogP contribution in [0.15, 0.2) is 0 Å². The fourth-order valence-electron chi connectivity index (χ4n) is 1.62. The number of hydrogen-bond acceptors (Lipinski definition) is 3. The van der Waals surface area contributed by atoms with Gasteiger partial charge in [0.25, 0.3) is 0 Å². The molecule has 0 heterocycles. The lowest BCUT2D eigenvalue weighted by Gasteiger charge is -2.20. The third-order valence-corrected chi connectivity index (χ3v) is 2.77. The third kappa shape index (κ3) is 7.30. The maximum atomic E-state index is 3.38. The summed E-state index contributed by atoms with van der Waals surface area (Å²) in [6, 6.07) is 1.27. The van der Waals surface area contributed by atoms with Gasteiger partial charge >= 0.3 is 0 Å². The predicted octanol–water partition coefficient (Wildman–Crippen LogP) is 0.962. The minimum atomic E-state index is 0.608. The van der Waals surface area contributed by atoms with Crippen molar-refractivity contribution in [3.63, 3.8) is 0 Å². The lowest BCUT2D eigenvalue weighted by Crippen LogP contribution is -2.34. The molecule has 0 aliphatic carbocycles. The van der Waals surface area contributed by atoms with Gasteiger partial charge < -0.3 is 16.0 Å². The number of unbranched alkanes of at least 4 members (excludes halogenated alkanes) is 1. The van der Waals surface area contributed by atoms with Gasteiger partial charge in [0.15, 0.2) is 0 Å². The Morgan fingerprint density at radius 2 is 1.71 bits per heavy atom. The Morgan fingerprint density at radius 1 is 1.00 bits per heavy atom. The summed E-state index contributed by atoms with van der Waals surface area (Å²) >= 11 is 0. The van der Waals surface area contributed by atoms with Gasteiger partial charge in [-0.2, -0.15) is 0 Å². The van der Waals surface area contributed by atoms with Crippen LogP contribution in [0.3, 0.4) is 0 Å². The number of rotatable bonds is 9. The Morgan fingerprint density at radius 3 is 2.21 bits per heavy atom. The predicted molar refractivity (Wildman–Crippen MR) is 63.8 cm³/mol. The zero-order valence-electron chi connectivity index (χ0n) is 10.2. The van der Waals surface area contributed by atoms with Gasteiger partial charge in [0.2, 0.25) is 0 Å². The van der Waals surface area contributed by atoms with E-state index in [0.717, 1.165) is 6.54 Å². The lowest BCUT2D eigenvalue weighted by atomic mass is 10.0. The van der Waals surface area contributed by atoms with Crippen LogP contribution in [-0.2, 0) is 0 Å². The first kappa shape index (κ1) is 13.9. The summed E-state index contributed by atoms with van der Waals surface area (Å²) in [4.78, 5) is 0. The topological polar surface area (TPSA) is 36.1 Å². The fourth-order valence-corrected chi connectivity index (χ4v) is 1.62. The van der Waals surface area contributed by atoms with Gasteiger partial charge in [-0.05, 0) is 53.9 Å². The van der Waals surface area contributed by atoms with Gasteiger partial charge in [0, 0.05) is 12.1 Å². The summed E-state index contributed by atoms with van der Waals surface area (Å²) < 4.78 is 0. The normalized spacial score (nSPS) is 15.4. The minimum Gasteiger partial charge on any atom is -0.320 e. The van der Waals surface area contributed by atoms with Crippen molar-refractivity contribution in [1.82, 2.24) is 16.0 Å². The van der Waals surface area contributed by atoms with Gasteiger partial charge in [-0.15, -0.1) is 0 Å². The van der Waals surface area contributed by atoms with Crippen LogP contribution < -0.4 is 16.0 Å². The Balaban J connectivity index is 3.47. The molecule has 0 aromatic carbocycles. The van der Waals surface area contributed by atoms with E-state index in [9.17, 15) is 0 Å². The van der Waals surface area contributed by atoms with Crippen molar-refractivity contribution in [2.24, 2.45) is 0 Å². The van der Waals surface area contributed by atoms with Crippen LogP contribution in [0.25, 0.3) is 0 Å². The van der Waals surface area contributed by atoms with Crippen LogP contribution in [0, 0.1) is 0 Å². The maximum Gasteiger partial charge on any atom is 0.00787 e. The molecule has 2 atom stereocenters. The highest BCUT2D eigenvalue weighted by Crippen LogP contribution is 2.06. The Hall–Kier alpha value is -0.120. The zero-order valence-corrected chi connectivity index (χ0v) is 10.2. The van der Waals surface area contributed by atoms with E-state index >= 15 is 0 Å². The van der Waals surface area contributed by atoms with E-state index in [4.69, 9.17) is 0 Å². The maximum absolute atomic E-state index is 3.38. The van der Waals surface area contributed by atoms with Crippen LogP contribution in [0.1, 0.15) is 32.6 Å². The van der Waals surface area contributed by atoms with Gasteiger partial charge in [-0.3, -0.25) is 0 Å². The summed E-state index contributed by atoms with van der Waals surface area (Å²) in [5, 5.41) is 9.84. The quantitative estimate of drug-likeness (QED) is 0.486. The Kier molecular flexibility index (Phi) is 9.35.